The third kappa shape index (κ3) is 4.29. The summed E-state index contributed by atoms with van der Waals surface area (Å²) < 4.78 is 77.5. The van der Waals surface area contributed by atoms with Crippen molar-refractivity contribution in [3.8, 4) is 0 Å². The summed E-state index contributed by atoms with van der Waals surface area (Å²) in [7, 11) is 0. The molecule has 0 unspecified atom stereocenters. The average molecular weight is 386 g/mol. The van der Waals surface area contributed by atoms with Gasteiger partial charge in [0.2, 0.25) is 5.95 Å². The Bertz CT molecular complexity index is 822. The van der Waals surface area contributed by atoms with Gasteiger partial charge in [-0.2, -0.15) is 26.3 Å². The highest BCUT2D eigenvalue weighted by Gasteiger charge is 2.38. The molecule has 1 aromatic carbocycles. The van der Waals surface area contributed by atoms with E-state index in [1.165, 1.54) is 0 Å². The highest BCUT2D eigenvalue weighted by molar-refractivity contribution is 6.30. The van der Waals surface area contributed by atoms with Gasteiger partial charge in [0.15, 0.2) is 5.69 Å². The summed E-state index contributed by atoms with van der Waals surface area (Å²) in [5.74, 6) is -2.79. The maximum absolute atomic E-state index is 13.0. The summed E-state index contributed by atoms with van der Waals surface area (Å²) >= 11 is 5.49. The van der Waals surface area contributed by atoms with Crippen LogP contribution in [0.4, 0.5) is 38.0 Å². The smallest absolute Gasteiger partial charge is 0.434 e. The molecular formula is C13H6ClF6N3O2. The van der Waals surface area contributed by atoms with Crippen LogP contribution in [0.3, 0.4) is 0 Å². The number of hydrogen-bond acceptors (Lipinski definition) is 4. The number of hydrogen-bond donors (Lipinski definition) is 2. The molecule has 12 heteroatoms. The van der Waals surface area contributed by atoms with Gasteiger partial charge < -0.3 is 10.4 Å². The van der Waals surface area contributed by atoms with Crippen molar-refractivity contribution in [2.45, 2.75) is 12.4 Å². The summed E-state index contributed by atoms with van der Waals surface area (Å²) in [5, 5.41) is 10.5. The van der Waals surface area contributed by atoms with Crippen LogP contribution in [0, 0.1) is 0 Å². The summed E-state index contributed by atoms with van der Waals surface area (Å²) in [6.45, 7) is 0. The summed E-state index contributed by atoms with van der Waals surface area (Å²) in [4.78, 5) is 17.1. The zero-order valence-electron chi connectivity index (χ0n) is 11.7. The topological polar surface area (TPSA) is 75.1 Å². The van der Waals surface area contributed by atoms with Crippen molar-refractivity contribution >= 4 is 29.2 Å². The molecule has 1 aromatic heterocycles. The Hall–Kier alpha value is -2.56. The SMILES string of the molecule is O=C(O)c1cnc(Nc2ccc(Cl)cc2C(F)(F)F)nc1C(F)(F)F. The van der Waals surface area contributed by atoms with Gasteiger partial charge in [0.1, 0.15) is 5.56 Å². The number of anilines is 2. The van der Waals surface area contributed by atoms with Crippen molar-refractivity contribution < 1.29 is 36.2 Å². The lowest BCUT2D eigenvalue weighted by Crippen LogP contribution is -2.17. The lowest BCUT2D eigenvalue weighted by atomic mass is 10.1. The molecule has 0 saturated heterocycles. The lowest BCUT2D eigenvalue weighted by molar-refractivity contribution is -0.141. The summed E-state index contributed by atoms with van der Waals surface area (Å²) in [6.07, 6.45) is -9.63. The number of alkyl halides is 6. The van der Waals surface area contributed by atoms with Gasteiger partial charge in [-0.15, -0.1) is 0 Å². The van der Waals surface area contributed by atoms with E-state index in [4.69, 9.17) is 16.7 Å². The predicted molar refractivity (Wildman–Crippen MR) is 73.7 cm³/mol. The van der Waals surface area contributed by atoms with E-state index in [1.807, 2.05) is 5.32 Å². The Morgan fingerprint density at radius 1 is 1.12 bits per heavy atom. The van der Waals surface area contributed by atoms with Gasteiger partial charge in [-0.25, -0.2) is 14.8 Å². The van der Waals surface area contributed by atoms with E-state index in [0.29, 0.717) is 12.3 Å². The molecule has 0 aliphatic heterocycles. The molecule has 0 atom stereocenters. The number of aromatic nitrogens is 2. The van der Waals surface area contributed by atoms with Gasteiger partial charge in [-0.1, -0.05) is 11.6 Å². The summed E-state index contributed by atoms with van der Waals surface area (Å²) in [6, 6.07) is 2.53. The quantitative estimate of drug-likeness (QED) is 0.755. The molecule has 0 bridgehead atoms. The van der Waals surface area contributed by atoms with E-state index in [1.54, 1.807) is 0 Å². The molecule has 0 radical (unpaired) electrons. The molecule has 2 N–H and O–H groups in total. The van der Waals surface area contributed by atoms with Crippen LogP contribution in [0.2, 0.25) is 5.02 Å². The molecule has 134 valence electrons. The van der Waals surface area contributed by atoms with E-state index in [0.717, 1.165) is 12.1 Å². The molecule has 0 spiro atoms. The van der Waals surface area contributed by atoms with E-state index in [9.17, 15) is 31.1 Å². The number of nitrogens with one attached hydrogen (secondary N) is 1. The van der Waals surface area contributed by atoms with Crippen molar-refractivity contribution in [2.75, 3.05) is 5.32 Å². The fourth-order valence-electron chi connectivity index (χ4n) is 1.80. The molecule has 25 heavy (non-hydrogen) atoms. The first-order chi connectivity index (χ1) is 11.4. The molecular weight excluding hydrogens is 380 g/mol. The Morgan fingerprint density at radius 2 is 1.76 bits per heavy atom. The molecule has 0 aliphatic rings. The second kappa shape index (κ2) is 6.39. The molecule has 2 aromatic rings. The molecule has 0 fully saturated rings. The number of nitrogens with zero attached hydrogens (tertiary/aromatic N) is 2. The minimum Gasteiger partial charge on any atom is -0.478 e. The standard InChI is InChI=1S/C13H6ClF6N3O2/c14-5-1-2-8(7(3-5)12(15,16)17)22-11-21-4-6(10(24)25)9(23-11)13(18,19)20/h1-4H,(H,24,25)(H,21,22,23). The van der Waals surface area contributed by atoms with Crippen LogP contribution < -0.4 is 5.32 Å². The molecule has 5 nitrogen and oxygen atoms in total. The van der Waals surface area contributed by atoms with E-state index >= 15 is 0 Å². The van der Waals surface area contributed by atoms with Crippen molar-refractivity contribution in [3.63, 3.8) is 0 Å². The Labute approximate surface area is 140 Å². The molecule has 2 rings (SSSR count). The van der Waals surface area contributed by atoms with Crippen LogP contribution in [0.5, 0.6) is 0 Å². The highest BCUT2D eigenvalue weighted by atomic mass is 35.5. The maximum Gasteiger partial charge on any atom is 0.434 e. The van der Waals surface area contributed by atoms with Gasteiger partial charge in [0.05, 0.1) is 11.3 Å². The van der Waals surface area contributed by atoms with Crippen molar-refractivity contribution in [1.29, 1.82) is 0 Å². The van der Waals surface area contributed by atoms with Crippen LogP contribution in [0.15, 0.2) is 24.4 Å². The lowest BCUT2D eigenvalue weighted by Gasteiger charge is -2.15. The first-order valence-electron chi connectivity index (χ1n) is 6.21. The van der Waals surface area contributed by atoms with E-state index in [2.05, 4.69) is 9.97 Å². The number of halogens is 7. The number of carboxylic acids is 1. The fraction of sp³-hybridized carbons (Fsp3) is 0.154. The first-order valence-corrected chi connectivity index (χ1v) is 6.58. The van der Waals surface area contributed by atoms with E-state index in [-0.39, 0.29) is 5.02 Å². The van der Waals surface area contributed by atoms with Gasteiger partial charge in [0, 0.05) is 11.2 Å². The van der Waals surface area contributed by atoms with Crippen LogP contribution in [0.1, 0.15) is 21.6 Å². The Kier molecular flexibility index (Phi) is 4.80. The number of carboxylic acid groups (broad SMARTS) is 1. The van der Waals surface area contributed by atoms with Crippen LogP contribution >= 0.6 is 11.6 Å². The Morgan fingerprint density at radius 3 is 2.28 bits per heavy atom. The number of aromatic carboxylic acids is 1. The molecule has 0 saturated carbocycles. The largest absolute Gasteiger partial charge is 0.478 e. The molecule has 1 heterocycles. The Balaban J connectivity index is 2.51. The highest BCUT2D eigenvalue weighted by Crippen LogP contribution is 2.38. The van der Waals surface area contributed by atoms with Gasteiger partial charge in [-0.3, -0.25) is 0 Å². The second-order valence-electron chi connectivity index (χ2n) is 4.57. The minimum absolute atomic E-state index is 0.240. The zero-order chi connectivity index (χ0) is 19.0. The third-order valence-electron chi connectivity index (χ3n) is 2.82. The molecule has 0 amide bonds. The maximum atomic E-state index is 13.0. The van der Waals surface area contributed by atoms with Crippen LogP contribution in [-0.2, 0) is 12.4 Å². The number of rotatable bonds is 3. The fourth-order valence-corrected chi connectivity index (χ4v) is 1.97. The van der Waals surface area contributed by atoms with E-state index < -0.39 is 46.8 Å². The first kappa shape index (κ1) is 18.8. The second-order valence-corrected chi connectivity index (χ2v) is 5.01. The summed E-state index contributed by atoms with van der Waals surface area (Å²) in [5.41, 5.74) is -4.92. The van der Waals surface area contributed by atoms with Gasteiger partial charge in [0.25, 0.3) is 0 Å². The minimum atomic E-state index is -5.14. The monoisotopic (exact) mass is 385 g/mol. The van der Waals surface area contributed by atoms with Gasteiger partial charge >= 0.3 is 18.3 Å². The van der Waals surface area contributed by atoms with Crippen molar-refractivity contribution in [2.24, 2.45) is 0 Å². The normalized spacial score (nSPS) is 12.1. The van der Waals surface area contributed by atoms with Crippen LogP contribution in [0.25, 0.3) is 0 Å². The zero-order valence-corrected chi connectivity index (χ0v) is 12.5. The number of benzene rings is 1. The molecule has 0 aliphatic carbocycles. The number of carbonyl (C=O) groups is 1. The average Bonchev–Trinajstić information content (AvgIpc) is 2.47. The van der Waals surface area contributed by atoms with Crippen molar-refractivity contribution in [3.05, 3.63) is 46.2 Å². The van der Waals surface area contributed by atoms with Crippen LogP contribution in [-0.4, -0.2) is 21.0 Å². The van der Waals surface area contributed by atoms with Crippen molar-refractivity contribution in [1.82, 2.24) is 9.97 Å². The third-order valence-corrected chi connectivity index (χ3v) is 3.06. The predicted octanol–water partition coefficient (Wildman–Crippen LogP) is 4.61. The van der Waals surface area contributed by atoms with Gasteiger partial charge in [-0.05, 0) is 18.2 Å².